The fraction of sp³-hybridized carbons (Fsp3) is 0.250. The highest BCUT2D eigenvalue weighted by Gasteiger charge is 1.99. The van der Waals surface area contributed by atoms with Crippen molar-refractivity contribution < 1.29 is 4.42 Å². The molecule has 4 nitrogen and oxygen atoms in total. The van der Waals surface area contributed by atoms with Gasteiger partial charge in [0.05, 0.1) is 17.3 Å². The zero-order valence-electron chi connectivity index (χ0n) is 9.23. The molecule has 0 aliphatic rings. The highest BCUT2D eigenvalue weighted by Crippen LogP contribution is 2.00. The van der Waals surface area contributed by atoms with E-state index in [1.165, 1.54) is 0 Å². The summed E-state index contributed by atoms with van der Waals surface area (Å²) in [6, 6.07) is 7.36. The summed E-state index contributed by atoms with van der Waals surface area (Å²) in [5, 5.41) is 3.21. The molecule has 0 aliphatic carbocycles. The number of nitrogens with one attached hydrogen (secondary N) is 1. The van der Waals surface area contributed by atoms with Crippen molar-refractivity contribution in [3.8, 4) is 0 Å². The Bertz CT molecular complexity index is 520. The SMILES string of the molecule is O=c1c(Br)cccn1CCNCc1ccco1. The first-order valence-corrected chi connectivity index (χ1v) is 6.15. The summed E-state index contributed by atoms with van der Waals surface area (Å²) < 4.78 is 7.44. The van der Waals surface area contributed by atoms with Gasteiger partial charge in [-0.3, -0.25) is 4.79 Å². The van der Waals surface area contributed by atoms with E-state index in [-0.39, 0.29) is 5.56 Å². The van der Waals surface area contributed by atoms with Crippen molar-refractivity contribution in [2.75, 3.05) is 6.54 Å². The molecular formula is C12H13BrN2O2. The minimum Gasteiger partial charge on any atom is -0.468 e. The molecule has 0 aliphatic heterocycles. The van der Waals surface area contributed by atoms with E-state index >= 15 is 0 Å². The number of pyridine rings is 1. The molecule has 5 heteroatoms. The number of aromatic nitrogens is 1. The van der Waals surface area contributed by atoms with Crippen molar-refractivity contribution in [1.82, 2.24) is 9.88 Å². The molecule has 2 aromatic heterocycles. The largest absolute Gasteiger partial charge is 0.468 e. The standard InChI is InChI=1S/C12H13BrN2O2/c13-11-4-1-6-15(12(11)16)7-5-14-9-10-3-2-8-17-10/h1-4,6,8,14H,5,7,9H2. The van der Waals surface area contributed by atoms with Gasteiger partial charge in [-0.25, -0.2) is 0 Å². The molecule has 90 valence electrons. The van der Waals surface area contributed by atoms with Crippen molar-refractivity contribution in [1.29, 1.82) is 0 Å². The smallest absolute Gasteiger partial charge is 0.264 e. The lowest BCUT2D eigenvalue weighted by Crippen LogP contribution is -2.26. The molecule has 0 atom stereocenters. The minimum atomic E-state index is -0.00713. The third kappa shape index (κ3) is 3.31. The van der Waals surface area contributed by atoms with Gasteiger partial charge in [0.1, 0.15) is 5.76 Å². The van der Waals surface area contributed by atoms with E-state index in [9.17, 15) is 4.79 Å². The van der Waals surface area contributed by atoms with Gasteiger partial charge in [-0.05, 0) is 40.2 Å². The van der Waals surface area contributed by atoms with Gasteiger partial charge in [-0.2, -0.15) is 0 Å². The van der Waals surface area contributed by atoms with Crippen LogP contribution in [0.15, 0.2) is 50.4 Å². The van der Waals surface area contributed by atoms with Crippen LogP contribution in [0, 0.1) is 0 Å². The van der Waals surface area contributed by atoms with E-state index in [0.717, 1.165) is 12.3 Å². The fourth-order valence-electron chi connectivity index (χ4n) is 1.51. The lowest BCUT2D eigenvalue weighted by molar-refractivity contribution is 0.474. The Morgan fingerprint density at radius 3 is 3.00 bits per heavy atom. The maximum atomic E-state index is 11.7. The second kappa shape index (κ2) is 5.84. The number of halogens is 1. The van der Waals surface area contributed by atoms with Crippen LogP contribution in [0.1, 0.15) is 5.76 Å². The topological polar surface area (TPSA) is 47.2 Å². The second-order valence-electron chi connectivity index (χ2n) is 3.61. The minimum absolute atomic E-state index is 0.00713. The molecule has 0 saturated carbocycles. The lowest BCUT2D eigenvalue weighted by atomic mass is 10.4. The van der Waals surface area contributed by atoms with Crippen LogP contribution in [-0.4, -0.2) is 11.1 Å². The molecule has 2 heterocycles. The summed E-state index contributed by atoms with van der Waals surface area (Å²) in [6.07, 6.45) is 3.43. The number of nitrogens with zero attached hydrogens (tertiary/aromatic N) is 1. The molecule has 0 radical (unpaired) electrons. The third-order valence-corrected chi connectivity index (χ3v) is 2.99. The lowest BCUT2D eigenvalue weighted by Gasteiger charge is -2.06. The van der Waals surface area contributed by atoms with E-state index in [1.807, 2.05) is 18.2 Å². The fourth-order valence-corrected chi connectivity index (χ4v) is 1.89. The molecular weight excluding hydrogens is 284 g/mol. The molecule has 2 rings (SSSR count). The predicted molar refractivity (Wildman–Crippen MR) is 68.8 cm³/mol. The Labute approximate surface area is 107 Å². The number of hydrogen-bond acceptors (Lipinski definition) is 3. The highest BCUT2D eigenvalue weighted by atomic mass is 79.9. The Balaban J connectivity index is 1.82. The molecule has 0 bridgehead atoms. The van der Waals surface area contributed by atoms with Crippen molar-refractivity contribution in [2.24, 2.45) is 0 Å². The third-order valence-electron chi connectivity index (χ3n) is 2.38. The van der Waals surface area contributed by atoms with Crippen molar-refractivity contribution in [2.45, 2.75) is 13.1 Å². The van der Waals surface area contributed by atoms with Gasteiger partial charge in [-0.15, -0.1) is 0 Å². The monoisotopic (exact) mass is 296 g/mol. The van der Waals surface area contributed by atoms with Gasteiger partial charge < -0.3 is 14.3 Å². The van der Waals surface area contributed by atoms with Crippen LogP contribution in [0.5, 0.6) is 0 Å². The summed E-state index contributed by atoms with van der Waals surface area (Å²) in [5.41, 5.74) is -0.00713. The van der Waals surface area contributed by atoms with Gasteiger partial charge in [-0.1, -0.05) is 0 Å². The van der Waals surface area contributed by atoms with Gasteiger partial charge in [0.2, 0.25) is 0 Å². The van der Waals surface area contributed by atoms with Crippen molar-refractivity contribution in [3.63, 3.8) is 0 Å². The summed E-state index contributed by atoms with van der Waals surface area (Å²) >= 11 is 3.22. The molecule has 0 aromatic carbocycles. The number of rotatable bonds is 5. The predicted octanol–water partition coefficient (Wildman–Crippen LogP) is 1.99. The van der Waals surface area contributed by atoms with Crippen LogP contribution in [0.25, 0.3) is 0 Å². The second-order valence-corrected chi connectivity index (χ2v) is 4.47. The maximum Gasteiger partial charge on any atom is 0.264 e. The Hall–Kier alpha value is -1.33. The van der Waals surface area contributed by atoms with E-state index in [2.05, 4.69) is 21.2 Å². The van der Waals surface area contributed by atoms with E-state index < -0.39 is 0 Å². The summed E-state index contributed by atoms with van der Waals surface area (Å²) in [6.45, 7) is 2.03. The summed E-state index contributed by atoms with van der Waals surface area (Å²) in [7, 11) is 0. The molecule has 0 fully saturated rings. The first-order chi connectivity index (χ1) is 8.27. The first kappa shape index (κ1) is 12.1. The molecule has 0 unspecified atom stereocenters. The van der Waals surface area contributed by atoms with Crippen LogP contribution in [0.3, 0.4) is 0 Å². The van der Waals surface area contributed by atoms with Crippen LogP contribution >= 0.6 is 15.9 Å². The van der Waals surface area contributed by atoms with Gasteiger partial charge in [0.15, 0.2) is 0 Å². The highest BCUT2D eigenvalue weighted by molar-refractivity contribution is 9.10. The van der Waals surface area contributed by atoms with Crippen molar-refractivity contribution in [3.05, 3.63) is 57.3 Å². The van der Waals surface area contributed by atoms with E-state index in [1.54, 1.807) is 23.1 Å². The summed E-state index contributed by atoms with van der Waals surface area (Å²) in [4.78, 5) is 11.7. The molecule has 2 aromatic rings. The molecule has 1 N–H and O–H groups in total. The van der Waals surface area contributed by atoms with Crippen LogP contribution < -0.4 is 10.9 Å². The Kier molecular flexibility index (Phi) is 4.17. The van der Waals surface area contributed by atoms with Crippen LogP contribution in [0.2, 0.25) is 0 Å². The van der Waals surface area contributed by atoms with Gasteiger partial charge in [0.25, 0.3) is 5.56 Å². The average Bonchev–Trinajstić information content (AvgIpc) is 2.83. The van der Waals surface area contributed by atoms with Gasteiger partial charge >= 0.3 is 0 Å². The van der Waals surface area contributed by atoms with Crippen LogP contribution in [0.4, 0.5) is 0 Å². The summed E-state index contributed by atoms with van der Waals surface area (Å²) in [5.74, 6) is 0.895. The quantitative estimate of drug-likeness (QED) is 0.859. The van der Waals surface area contributed by atoms with Gasteiger partial charge in [0, 0.05) is 19.3 Å². The number of furan rings is 1. The average molecular weight is 297 g/mol. The molecule has 0 amide bonds. The number of hydrogen-bond donors (Lipinski definition) is 1. The van der Waals surface area contributed by atoms with E-state index in [4.69, 9.17) is 4.42 Å². The van der Waals surface area contributed by atoms with Crippen molar-refractivity contribution >= 4 is 15.9 Å². The zero-order chi connectivity index (χ0) is 12.1. The maximum absolute atomic E-state index is 11.7. The Morgan fingerprint density at radius 1 is 1.35 bits per heavy atom. The zero-order valence-corrected chi connectivity index (χ0v) is 10.8. The molecule has 17 heavy (non-hydrogen) atoms. The molecule has 0 saturated heterocycles. The molecule has 0 spiro atoms. The first-order valence-electron chi connectivity index (χ1n) is 5.35. The Morgan fingerprint density at radius 2 is 2.24 bits per heavy atom. The van der Waals surface area contributed by atoms with Crippen LogP contribution in [-0.2, 0) is 13.1 Å². The normalized spacial score (nSPS) is 10.6. The van der Waals surface area contributed by atoms with E-state index in [0.29, 0.717) is 17.6 Å².